The van der Waals surface area contributed by atoms with Gasteiger partial charge in [0.25, 0.3) is 0 Å². The van der Waals surface area contributed by atoms with Crippen LogP contribution in [0.2, 0.25) is 0 Å². The maximum atomic E-state index is 12.8. The van der Waals surface area contributed by atoms with Gasteiger partial charge in [-0.25, -0.2) is 9.78 Å². The molecule has 0 saturated carbocycles. The number of carboxylic acid groups (broad SMARTS) is 1. The summed E-state index contributed by atoms with van der Waals surface area (Å²) in [5, 5.41) is 8.87. The van der Waals surface area contributed by atoms with E-state index in [2.05, 4.69) is 4.98 Å². The molecule has 0 unspecified atom stereocenters. The predicted octanol–water partition coefficient (Wildman–Crippen LogP) is 3.47. The highest BCUT2D eigenvalue weighted by molar-refractivity contribution is 5.88. The molecule has 124 valence electrons. The lowest BCUT2D eigenvalue weighted by Gasteiger charge is -2.11. The molecule has 9 heteroatoms. The maximum Gasteiger partial charge on any atom is 0.433 e. The summed E-state index contributed by atoms with van der Waals surface area (Å²) >= 11 is 0. The van der Waals surface area contributed by atoms with E-state index in [1.807, 2.05) is 0 Å². The fourth-order valence-corrected chi connectivity index (χ4v) is 1.69. The van der Waals surface area contributed by atoms with Gasteiger partial charge in [-0.05, 0) is 29.8 Å². The first-order valence-corrected chi connectivity index (χ1v) is 6.09. The van der Waals surface area contributed by atoms with Crippen LogP contribution in [-0.2, 0) is 12.7 Å². The molecule has 0 bridgehead atoms. The van der Waals surface area contributed by atoms with Crippen LogP contribution in [0.5, 0.6) is 11.6 Å². The molecule has 0 amide bonds. The number of hydrogen-bond acceptors (Lipinski definition) is 4. The van der Waals surface area contributed by atoms with Crippen LogP contribution in [0.4, 0.5) is 13.2 Å². The van der Waals surface area contributed by atoms with Crippen molar-refractivity contribution in [2.45, 2.75) is 12.7 Å². The van der Waals surface area contributed by atoms with Gasteiger partial charge in [0.05, 0.1) is 5.56 Å². The maximum absolute atomic E-state index is 12.8. The predicted molar refractivity (Wildman–Crippen MR) is 77.9 cm³/mol. The summed E-state index contributed by atoms with van der Waals surface area (Å²) in [5.41, 5.74) is 4.38. The molecule has 5 nitrogen and oxygen atoms in total. The molecule has 3 N–H and O–H groups in total. The topological polar surface area (TPSA) is 85.4 Å². The minimum absolute atomic E-state index is 0. The van der Waals surface area contributed by atoms with E-state index in [0.29, 0.717) is 0 Å². The Morgan fingerprint density at radius 1 is 1.26 bits per heavy atom. The SMILES string of the molecule is Cl.NCc1cc(Oc2cccc(C(=O)O)c2)nc(C(F)(F)F)c1. The Kier molecular flexibility index (Phi) is 5.94. The zero-order valence-electron chi connectivity index (χ0n) is 11.5. The molecule has 0 spiro atoms. The molecule has 0 aliphatic carbocycles. The summed E-state index contributed by atoms with van der Waals surface area (Å²) in [6, 6.07) is 7.45. The fraction of sp³-hybridized carbons (Fsp3) is 0.143. The largest absolute Gasteiger partial charge is 0.478 e. The van der Waals surface area contributed by atoms with Gasteiger partial charge < -0.3 is 15.6 Å². The standard InChI is InChI=1S/C14H11F3N2O3.ClH/c15-14(16,17)11-4-8(7-18)5-12(19-11)22-10-3-1-2-9(6-10)13(20)21;/h1-6H,7,18H2,(H,20,21);1H. The molecule has 1 aromatic heterocycles. The molecule has 0 atom stereocenters. The van der Waals surface area contributed by atoms with E-state index in [1.165, 1.54) is 30.3 Å². The third-order valence-corrected chi connectivity index (χ3v) is 2.69. The zero-order chi connectivity index (χ0) is 16.3. The number of hydrogen-bond donors (Lipinski definition) is 2. The lowest BCUT2D eigenvalue weighted by atomic mass is 10.2. The highest BCUT2D eigenvalue weighted by Gasteiger charge is 2.33. The Morgan fingerprint density at radius 3 is 2.52 bits per heavy atom. The van der Waals surface area contributed by atoms with Gasteiger partial charge in [0.1, 0.15) is 11.4 Å². The first-order valence-electron chi connectivity index (χ1n) is 6.09. The first-order chi connectivity index (χ1) is 10.3. The molecule has 0 aliphatic rings. The highest BCUT2D eigenvalue weighted by atomic mass is 35.5. The van der Waals surface area contributed by atoms with Gasteiger partial charge >= 0.3 is 12.1 Å². The molecular weight excluding hydrogens is 337 g/mol. The van der Waals surface area contributed by atoms with Crippen molar-refractivity contribution < 1.29 is 27.8 Å². The second-order valence-electron chi connectivity index (χ2n) is 4.34. The molecule has 2 rings (SSSR count). The molecule has 1 aromatic carbocycles. The number of carboxylic acids is 1. The number of nitrogens with zero attached hydrogens (tertiary/aromatic N) is 1. The minimum atomic E-state index is -4.63. The zero-order valence-corrected chi connectivity index (χ0v) is 12.3. The van der Waals surface area contributed by atoms with Crippen LogP contribution in [0, 0.1) is 0 Å². The smallest absolute Gasteiger partial charge is 0.433 e. The van der Waals surface area contributed by atoms with Crippen LogP contribution in [0.3, 0.4) is 0 Å². The molecule has 1 heterocycles. The number of rotatable bonds is 4. The fourth-order valence-electron chi connectivity index (χ4n) is 1.69. The van der Waals surface area contributed by atoms with Gasteiger partial charge in [-0.3, -0.25) is 0 Å². The van der Waals surface area contributed by atoms with Gasteiger partial charge in [0, 0.05) is 12.6 Å². The Balaban J connectivity index is 0.00000264. The van der Waals surface area contributed by atoms with Crippen LogP contribution in [0.25, 0.3) is 0 Å². The van der Waals surface area contributed by atoms with Crippen molar-refractivity contribution in [2.75, 3.05) is 0 Å². The molecule has 0 fully saturated rings. The number of alkyl halides is 3. The third-order valence-electron chi connectivity index (χ3n) is 2.69. The van der Waals surface area contributed by atoms with Crippen LogP contribution < -0.4 is 10.5 Å². The van der Waals surface area contributed by atoms with Crippen molar-refractivity contribution in [3.8, 4) is 11.6 Å². The van der Waals surface area contributed by atoms with E-state index < -0.39 is 17.8 Å². The van der Waals surface area contributed by atoms with Crippen LogP contribution in [-0.4, -0.2) is 16.1 Å². The lowest BCUT2D eigenvalue weighted by molar-refractivity contribution is -0.141. The normalized spacial score (nSPS) is 10.8. The average Bonchev–Trinajstić information content (AvgIpc) is 2.46. The average molecular weight is 349 g/mol. The molecular formula is C14H12ClF3N2O3. The third kappa shape index (κ3) is 4.83. The van der Waals surface area contributed by atoms with Crippen molar-refractivity contribution >= 4 is 18.4 Å². The van der Waals surface area contributed by atoms with Gasteiger partial charge in [-0.15, -0.1) is 12.4 Å². The molecule has 0 saturated heterocycles. The summed E-state index contributed by atoms with van der Waals surface area (Å²) < 4.78 is 43.5. The lowest BCUT2D eigenvalue weighted by Crippen LogP contribution is -2.10. The second kappa shape index (κ2) is 7.30. The van der Waals surface area contributed by atoms with Crippen molar-refractivity contribution in [2.24, 2.45) is 5.73 Å². The van der Waals surface area contributed by atoms with Gasteiger partial charge in [0.15, 0.2) is 0 Å². The van der Waals surface area contributed by atoms with Gasteiger partial charge in [-0.1, -0.05) is 6.07 Å². The monoisotopic (exact) mass is 348 g/mol. The van der Waals surface area contributed by atoms with Crippen molar-refractivity contribution in [3.05, 3.63) is 53.2 Å². The molecule has 2 aromatic rings. The van der Waals surface area contributed by atoms with E-state index in [-0.39, 0.29) is 41.7 Å². The number of ether oxygens (including phenoxy) is 1. The van der Waals surface area contributed by atoms with E-state index in [9.17, 15) is 18.0 Å². The second-order valence-corrected chi connectivity index (χ2v) is 4.34. The van der Waals surface area contributed by atoms with Gasteiger partial charge in [-0.2, -0.15) is 13.2 Å². The summed E-state index contributed by atoms with van der Waals surface area (Å²) in [4.78, 5) is 14.2. The quantitative estimate of drug-likeness (QED) is 0.883. The Hall–Kier alpha value is -2.32. The van der Waals surface area contributed by atoms with Crippen molar-refractivity contribution in [3.63, 3.8) is 0 Å². The molecule has 23 heavy (non-hydrogen) atoms. The summed E-state index contributed by atoms with van der Waals surface area (Å²) in [7, 11) is 0. The minimum Gasteiger partial charge on any atom is -0.478 e. The van der Waals surface area contributed by atoms with Crippen molar-refractivity contribution in [1.29, 1.82) is 0 Å². The van der Waals surface area contributed by atoms with Crippen LogP contribution in [0.15, 0.2) is 36.4 Å². The highest BCUT2D eigenvalue weighted by Crippen LogP contribution is 2.31. The van der Waals surface area contributed by atoms with E-state index in [0.717, 1.165) is 6.07 Å². The van der Waals surface area contributed by atoms with E-state index in [1.54, 1.807) is 0 Å². The number of aromatic carboxylic acids is 1. The Morgan fingerprint density at radius 2 is 1.96 bits per heavy atom. The number of aromatic nitrogens is 1. The number of benzene rings is 1. The van der Waals surface area contributed by atoms with Crippen LogP contribution >= 0.6 is 12.4 Å². The Bertz CT molecular complexity index is 708. The number of nitrogens with two attached hydrogens (primary N) is 1. The summed E-state index contributed by atoms with van der Waals surface area (Å²) in [5.74, 6) is -1.42. The van der Waals surface area contributed by atoms with Crippen LogP contribution in [0.1, 0.15) is 21.6 Å². The molecule has 0 radical (unpaired) electrons. The van der Waals surface area contributed by atoms with E-state index >= 15 is 0 Å². The Labute approximate surface area is 135 Å². The number of carbonyl (C=O) groups is 1. The van der Waals surface area contributed by atoms with Crippen molar-refractivity contribution in [1.82, 2.24) is 4.98 Å². The van der Waals surface area contributed by atoms with E-state index in [4.69, 9.17) is 15.6 Å². The molecule has 0 aliphatic heterocycles. The number of pyridine rings is 1. The summed E-state index contributed by atoms with van der Waals surface area (Å²) in [6.45, 7) is -0.114. The number of halogens is 4. The van der Waals surface area contributed by atoms with Gasteiger partial charge in [0.2, 0.25) is 5.88 Å². The first kappa shape index (κ1) is 18.7. The summed E-state index contributed by atoms with van der Waals surface area (Å²) in [6.07, 6.45) is -4.63.